The van der Waals surface area contributed by atoms with Gasteiger partial charge in [-0.1, -0.05) is 25.1 Å². The van der Waals surface area contributed by atoms with Crippen LogP contribution in [-0.4, -0.2) is 26.5 Å². The first-order valence-corrected chi connectivity index (χ1v) is 8.33. The molecule has 5 nitrogen and oxygen atoms in total. The molecule has 2 N–H and O–H groups in total. The summed E-state index contributed by atoms with van der Waals surface area (Å²) in [4.78, 5) is 4.19. The van der Waals surface area contributed by atoms with Crippen LogP contribution in [0, 0.1) is 0 Å². The van der Waals surface area contributed by atoms with E-state index in [0.29, 0.717) is 5.82 Å². The van der Waals surface area contributed by atoms with Crippen LogP contribution in [0.1, 0.15) is 12.5 Å². The number of likely N-dealkylation sites (N-methyl/N-ethyl adjacent to an activating group) is 1. The highest BCUT2D eigenvalue weighted by atomic mass is 32.2. The highest BCUT2D eigenvalue weighted by Crippen LogP contribution is 2.15. The summed E-state index contributed by atoms with van der Waals surface area (Å²) in [7, 11) is -3.58. The Labute approximate surface area is 125 Å². The summed E-state index contributed by atoms with van der Waals surface area (Å²) in [5, 5.41) is 3.24. The lowest BCUT2D eigenvalue weighted by Crippen LogP contribution is -2.16. The fourth-order valence-corrected chi connectivity index (χ4v) is 2.87. The monoisotopic (exact) mass is 305 g/mol. The predicted molar refractivity (Wildman–Crippen MR) is 83.7 cm³/mol. The largest absolute Gasteiger partial charge is 0.317 e. The first kappa shape index (κ1) is 15.5. The van der Waals surface area contributed by atoms with Gasteiger partial charge < -0.3 is 5.32 Å². The molecule has 0 amide bonds. The molecule has 21 heavy (non-hydrogen) atoms. The normalized spacial score (nSPS) is 11.3. The van der Waals surface area contributed by atoms with Crippen LogP contribution in [0.2, 0.25) is 0 Å². The third-order valence-corrected chi connectivity index (χ3v) is 4.35. The maximum absolute atomic E-state index is 12.2. The van der Waals surface area contributed by atoms with Crippen molar-refractivity contribution in [2.24, 2.45) is 0 Å². The average Bonchev–Trinajstić information content (AvgIpc) is 2.49. The van der Waals surface area contributed by atoms with Crippen molar-refractivity contribution in [3.05, 3.63) is 54.2 Å². The SMILES string of the molecule is CCNCCc1ccc(S(=O)(=O)Nc2ccccn2)cc1. The average molecular weight is 305 g/mol. The summed E-state index contributed by atoms with van der Waals surface area (Å²) in [5.74, 6) is 0.314. The van der Waals surface area contributed by atoms with Gasteiger partial charge in [-0.25, -0.2) is 13.4 Å². The third-order valence-electron chi connectivity index (χ3n) is 2.98. The lowest BCUT2D eigenvalue weighted by atomic mass is 10.1. The fourth-order valence-electron chi connectivity index (χ4n) is 1.86. The van der Waals surface area contributed by atoms with E-state index in [-0.39, 0.29) is 4.90 Å². The van der Waals surface area contributed by atoms with Crippen LogP contribution in [0.25, 0.3) is 0 Å². The molecule has 0 aliphatic heterocycles. The van der Waals surface area contributed by atoms with Crippen molar-refractivity contribution in [3.8, 4) is 0 Å². The van der Waals surface area contributed by atoms with Crippen molar-refractivity contribution in [1.29, 1.82) is 0 Å². The van der Waals surface area contributed by atoms with Crippen LogP contribution in [0.3, 0.4) is 0 Å². The van der Waals surface area contributed by atoms with Crippen molar-refractivity contribution in [2.75, 3.05) is 17.8 Å². The number of nitrogens with zero attached hydrogens (tertiary/aromatic N) is 1. The predicted octanol–water partition coefficient (Wildman–Crippen LogP) is 2.03. The van der Waals surface area contributed by atoms with Crippen LogP contribution in [0.5, 0.6) is 0 Å². The molecule has 2 aromatic rings. The van der Waals surface area contributed by atoms with Crippen molar-refractivity contribution in [3.63, 3.8) is 0 Å². The molecule has 0 aliphatic rings. The zero-order chi connectivity index (χ0) is 15.1. The molecule has 0 aliphatic carbocycles. The van der Waals surface area contributed by atoms with E-state index in [0.717, 1.165) is 25.1 Å². The second kappa shape index (κ2) is 7.19. The van der Waals surface area contributed by atoms with E-state index in [9.17, 15) is 8.42 Å². The van der Waals surface area contributed by atoms with Gasteiger partial charge in [0, 0.05) is 6.20 Å². The molecule has 0 spiro atoms. The Balaban J connectivity index is 2.06. The van der Waals surface area contributed by atoms with E-state index >= 15 is 0 Å². The highest BCUT2D eigenvalue weighted by Gasteiger charge is 2.14. The van der Waals surface area contributed by atoms with Gasteiger partial charge in [-0.3, -0.25) is 4.72 Å². The minimum Gasteiger partial charge on any atom is -0.317 e. The first-order chi connectivity index (χ1) is 10.1. The number of rotatable bonds is 7. The van der Waals surface area contributed by atoms with E-state index in [1.54, 1.807) is 36.5 Å². The molecule has 0 radical (unpaired) electrons. The molecule has 0 bridgehead atoms. The number of nitrogens with one attached hydrogen (secondary N) is 2. The number of sulfonamides is 1. The summed E-state index contributed by atoms with van der Waals surface area (Å²) in [6.45, 7) is 3.87. The molecule has 0 saturated carbocycles. The Morgan fingerprint density at radius 1 is 1.10 bits per heavy atom. The quantitative estimate of drug-likeness (QED) is 0.768. The van der Waals surface area contributed by atoms with Crippen LogP contribution >= 0.6 is 0 Å². The van der Waals surface area contributed by atoms with Gasteiger partial charge in [0.15, 0.2) is 0 Å². The van der Waals surface area contributed by atoms with Crippen molar-refractivity contribution < 1.29 is 8.42 Å². The van der Waals surface area contributed by atoms with Gasteiger partial charge in [-0.2, -0.15) is 0 Å². The molecule has 0 atom stereocenters. The van der Waals surface area contributed by atoms with Crippen LogP contribution in [-0.2, 0) is 16.4 Å². The van der Waals surface area contributed by atoms with Crippen molar-refractivity contribution >= 4 is 15.8 Å². The summed E-state index contributed by atoms with van der Waals surface area (Å²) in [6.07, 6.45) is 2.42. The van der Waals surface area contributed by atoms with Gasteiger partial charge in [0.25, 0.3) is 10.0 Å². The van der Waals surface area contributed by atoms with Crippen molar-refractivity contribution in [1.82, 2.24) is 10.3 Å². The number of benzene rings is 1. The van der Waals surface area contributed by atoms with Gasteiger partial charge in [0.2, 0.25) is 0 Å². The van der Waals surface area contributed by atoms with Crippen LogP contribution < -0.4 is 10.0 Å². The van der Waals surface area contributed by atoms with Crippen LogP contribution in [0.15, 0.2) is 53.6 Å². The van der Waals surface area contributed by atoms with E-state index in [1.165, 1.54) is 0 Å². The molecule has 1 heterocycles. The molecular formula is C15H19N3O2S. The Kier molecular flexibility index (Phi) is 5.30. The number of pyridine rings is 1. The zero-order valence-electron chi connectivity index (χ0n) is 11.9. The van der Waals surface area contributed by atoms with Crippen LogP contribution in [0.4, 0.5) is 5.82 Å². The van der Waals surface area contributed by atoms with Crippen molar-refractivity contribution in [2.45, 2.75) is 18.2 Å². The number of aromatic nitrogens is 1. The molecule has 112 valence electrons. The van der Waals surface area contributed by atoms with E-state index in [2.05, 4.69) is 21.9 Å². The minimum absolute atomic E-state index is 0.236. The summed E-state index contributed by atoms with van der Waals surface area (Å²) >= 11 is 0. The topological polar surface area (TPSA) is 71.1 Å². The lowest BCUT2D eigenvalue weighted by molar-refractivity contribution is 0.601. The molecule has 1 aromatic carbocycles. The smallest absolute Gasteiger partial charge is 0.263 e. The molecule has 2 rings (SSSR count). The molecule has 6 heteroatoms. The number of anilines is 1. The van der Waals surface area contributed by atoms with Gasteiger partial charge in [-0.15, -0.1) is 0 Å². The Morgan fingerprint density at radius 2 is 1.86 bits per heavy atom. The maximum Gasteiger partial charge on any atom is 0.263 e. The second-order valence-electron chi connectivity index (χ2n) is 4.57. The second-order valence-corrected chi connectivity index (χ2v) is 6.25. The molecule has 0 saturated heterocycles. The maximum atomic E-state index is 12.2. The van der Waals surface area contributed by atoms with E-state index in [1.807, 2.05) is 12.1 Å². The summed E-state index contributed by atoms with van der Waals surface area (Å²) < 4.78 is 26.9. The van der Waals surface area contributed by atoms with Gasteiger partial charge in [-0.05, 0) is 49.3 Å². The highest BCUT2D eigenvalue weighted by molar-refractivity contribution is 7.92. The Bertz CT molecular complexity index is 655. The number of hydrogen-bond donors (Lipinski definition) is 2. The standard InChI is InChI=1S/C15H19N3O2S/c1-2-16-12-10-13-6-8-14(9-7-13)21(19,20)18-15-5-3-4-11-17-15/h3-9,11,16H,2,10,12H2,1H3,(H,17,18). The molecule has 0 unspecified atom stereocenters. The molecular weight excluding hydrogens is 286 g/mol. The number of hydrogen-bond acceptors (Lipinski definition) is 4. The van der Waals surface area contributed by atoms with Gasteiger partial charge in [0.1, 0.15) is 5.82 Å². The van der Waals surface area contributed by atoms with E-state index < -0.39 is 10.0 Å². The third kappa shape index (κ3) is 4.54. The van der Waals surface area contributed by atoms with E-state index in [4.69, 9.17) is 0 Å². The molecule has 1 aromatic heterocycles. The summed E-state index contributed by atoms with van der Waals surface area (Å²) in [6, 6.07) is 12.0. The minimum atomic E-state index is -3.58. The summed E-state index contributed by atoms with van der Waals surface area (Å²) in [5.41, 5.74) is 1.10. The Hall–Kier alpha value is -1.92. The Morgan fingerprint density at radius 3 is 2.48 bits per heavy atom. The first-order valence-electron chi connectivity index (χ1n) is 6.85. The van der Waals surface area contributed by atoms with Gasteiger partial charge in [0.05, 0.1) is 4.90 Å². The molecule has 0 fully saturated rings. The van der Waals surface area contributed by atoms with Gasteiger partial charge >= 0.3 is 0 Å². The fraction of sp³-hybridized carbons (Fsp3) is 0.267. The lowest BCUT2D eigenvalue weighted by Gasteiger charge is -2.08. The zero-order valence-corrected chi connectivity index (χ0v) is 12.7.